The summed E-state index contributed by atoms with van der Waals surface area (Å²) in [6.07, 6.45) is 1.97. The van der Waals surface area contributed by atoms with Crippen LogP contribution in [-0.2, 0) is 9.47 Å². The van der Waals surface area contributed by atoms with Crippen molar-refractivity contribution < 1.29 is 14.2 Å². The highest BCUT2D eigenvalue weighted by Crippen LogP contribution is 2.14. The lowest BCUT2D eigenvalue weighted by molar-refractivity contribution is 0.0893. The summed E-state index contributed by atoms with van der Waals surface area (Å²) in [7, 11) is 1.64. The van der Waals surface area contributed by atoms with E-state index < -0.39 is 0 Å². The lowest BCUT2D eigenvalue weighted by Gasteiger charge is -2.08. The van der Waals surface area contributed by atoms with Gasteiger partial charge >= 0.3 is 0 Å². The fourth-order valence-corrected chi connectivity index (χ4v) is 2.19. The third kappa shape index (κ3) is 5.91. The first-order valence-electron chi connectivity index (χ1n) is 7.64. The molecule has 1 heterocycles. The zero-order valence-electron chi connectivity index (χ0n) is 13.1. The molecule has 0 aliphatic carbocycles. The van der Waals surface area contributed by atoms with Crippen molar-refractivity contribution in [1.82, 2.24) is 0 Å². The van der Waals surface area contributed by atoms with Crippen LogP contribution in [0.5, 0.6) is 5.75 Å². The molecule has 1 fully saturated rings. The van der Waals surface area contributed by atoms with Gasteiger partial charge in [0, 0.05) is 31.4 Å². The molecule has 1 unspecified atom stereocenters. The zero-order valence-corrected chi connectivity index (χ0v) is 13.1. The number of rotatable bonds is 8. The van der Waals surface area contributed by atoms with E-state index in [0.29, 0.717) is 25.0 Å². The molecule has 2 rings (SSSR count). The maximum absolute atomic E-state index is 5.84. The van der Waals surface area contributed by atoms with Crippen LogP contribution in [0.1, 0.15) is 12.8 Å². The Balaban J connectivity index is 1.58. The van der Waals surface area contributed by atoms with Crippen molar-refractivity contribution in [2.75, 3.05) is 45.4 Å². The highest BCUT2D eigenvalue weighted by atomic mass is 16.5. The molecule has 1 aromatic carbocycles. The van der Waals surface area contributed by atoms with Crippen LogP contribution in [0.25, 0.3) is 0 Å². The minimum Gasteiger partial charge on any atom is -0.497 e. The number of guanidine groups is 1. The van der Waals surface area contributed by atoms with Gasteiger partial charge in [0.05, 0.1) is 20.3 Å². The molecule has 1 aliphatic heterocycles. The van der Waals surface area contributed by atoms with Crippen molar-refractivity contribution in [3.05, 3.63) is 24.3 Å². The maximum Gasteiger partial charge on any atom is 0.193 e. The Morgan fingerprint density at radius 1 is 1.41 bits per heavy atom. The third-order valence-corrected chi connectivity index (χ3v) is 3.47. The highest BCUT2D eigenvalue weighted by Gasteiger charge is 2.14. The average molecular weight is 307 g/mol. The summed E-state index contributed by atoms with van der Waals surface area (Å²) in [5, 5.41) is 3.04. The maximum atomic E-state index is 5.84. The Hall–Kier alpha value is -1.79. The zero-order chi connectivity index (χ0) is 15.6. The predicted molar refractivity (Wildman–Crippen MR) is 87.5 cm³/mol. The van der Waals surface area contributed by atoms with Gasteiger partial charge in [0.15, 0.2) is 5.96 Å². The highest BCUT2D eigenvalue weighted by molar-refractivity contribution is 5.92. The smallest absolute Gasteiger partial charge is 0.193 e. The Morgan fingerprint density at radius 2 is 2.23 bits per heavy atom. The second-order valence-electron chi connectivity index (χ2n) is 5.28. The number of methoxy groups -OCH3 is 1. The van der Waals surface area contributed by atoms with Gasteiger partial charge in [0.25, 0.3) is 0 Å². The number of anilines is 1. The van der Waals surface area contributed by atoms with E-state index in [1.807, 2.05) is 24.3 Å². The fraction of sp³-hybridized carbons (Fsp3) is 0.562. The summed E-state index contributed by atoms with van der Waals surface area (Å²) in [6, 6.07) is 7.54. The molecule has 0 bridgehead atoms. The number of aliphatic imine (C=N–C) groups is 1. The molecule has 1 aromatic rings. The molecule has 0 spiro atoms. The van der Waals surface area contributed by atoms with Crippen molar-refractivity contribution in [2.45, 2.75) is 12.8 Å². The number of nitrogens with one attached hydrogen (secondary N) is 1. The van der Waals surface area contributed by atoms with Crippen LogP contribution >= 0.6 is 0 Å². The van der Waals surface area contributed by atoms with Gasteiger partial charge in [0.1, 0.15) is 5.75 Å². The Kier molecular flexibility index (Phi) is 6.99. The van der Waals surface area contributed by atoms with E-state index in [2.05, 4.69) is 10.3 Å². The fourth-order valence-electron chi connectivity index (χ4n) is 2.19. The second-order valence-corrected chi connectivity index (χ2v) is 5.28. The lowest BCUT2D eigenvalue weighted by Crippen LogP contribution is -2.23. The van der Waals surface area contributed by atoms with E-state index in [9.17, 15) is 0 Å². The van der Waals surface area contributed by atoms with Gasteiger partial charge in [-0.15, -0.1) is 0 Å². The van der Waals surface area contributed by atoms with E-state index >= 15 is 0 Å². The van der Waals surface area contributed by atoms with Crippen LogP contribution in [0.4, 0.5) is 5.69 Å². The number of nitrogens with zero attached hydrogens (tertiary/aromatic N) is 1. The monoisotopic (exact) mass is 307 g/mol. The summed E-state index contributed by atoms with van der Waals surface area (Å²) >= 11 is 0. The summed E-state index contributed by atoms with van der Waals surface area (Å²) in [4.78, 5) is 4.28. The van der Waals surface area contributed by atoms with Crippen molar-refractivity contribution in [3.8, 4) is 5.75 Å². The van der Waals surface area contributed by atoms with Crippen LogP contribution in [0.3, 0.4) is 0 Å². The number of nitrogens with two attached hydrogens (primary N) is 1. The molecule has 3 N–H and O–H groups in total. The first kappa shape index (κ1) is 16.6. The number of ether oxygens (including phenoxy) is 3. The molecule has 122 valence electrons. The van der Waals surface area contributed by atoms with Crippen LogP contribution in [-0.4, -0.2) is 46.0 Å². The Morgan fingerprint density at radius 3 is 2.91 bits per heavy atom. The number of benzene rings is 1. The predicted octanol–water partition coefficient (Wildman–Crippen LogP) is 1.86. The molecule has 6 heteroatoms. The van der Waals surface area contributed by atoms with Crippen LogP contribution in [0.2, 0.25) is 0 Å². The van der Waals surface area contributed by atoms with Gasteiger partial charge in [-0.1, -0.05) is 0 Å². The van der Waals surface area contributed by atoms with Crippen molar-refractivity contribution in [1.29, 1.82) is 0 Å². The molecule has 1 atom stereocenters. The van der Waals surface area contributed by atoms with Gasteiger partial charge < -0.3 is 25.3 Å². The number of hydrogen-bond donors (Lipinski definition) is 2. The SMILES string of the molecule is COc1ccc(NC(N)=NCCCOCC2CCOC2)cc1. The van der Waals surface area contributed by atoms with Crippen molar-refractivity contribution in [3.63, 3.8) is 0 Å². The quantitative estimate of drug-likeness (QED) is 0.435. The summed E-state index contributed by atoms with van der Waals surface area (Å²) < 4.78 is 16.0. The topological polar surface area (TPSA) is 78.1 Å². The van der Waals surface area contributed by atoms with Gasteiger partial charge in [-0.3, -0.25) is 4.99 Å². The minimum atomic E-state index is 0.411. The first-order chi connectivity index (χ1) is 10.8. The second kappa shape index (κ2) is 9.27. The van der Waals surface area contributed by atoms with Gasteiger partial charge in [0.2, 0.25) is 0 Å². The number of hydrogen-bond acceptors (Lipinski definition) is 4. The molecule has 0 saturated carbocycles. The van der Waals surface area contributed by atoms with E-state index in [0.717, 1.165) is 44.1 Å². The van der Waals surface area contributed by atoms with Crippen molar-refractivity contribution in [2.24, 2.45) is 16.6 Å². The average Bonchev–Trinajstić information content (AvgIpc) is 3.05. The van der Waals surface area contributed by atoms with Crippen LogP contribution < -0.4 is 15.8 Å². The molecule has 0 aromatic heterocycles. The molecule has 0 radical (unpaired) electrons. The molecular formula is C16H25N3O3. The molecule has 1 aliphatic rings. The lowest BCUT2D eigenvalue weighted by atomic mass is 10.1. The molecule has 22 heavy (non-hydrogen) atoms. The van der Waals surface area contributed by atoms with E-state index in [4.69, 9.17) is 19.9 Å². The van der Waals surface area contributed by atoms with Crippen LogP contribution in [0.15, 0.2) is 29.3 Å². The van der Waals surface area contributed by atoms with Gasteiger partial charge in [-0.05, 0) is 37.1 Å². The summed E-state index contributed by atoms with van der Waals surface area (Å²) in [5.74, 6) is 1.78. The van der Waals surface area contributed by atoms with Crippen LogP contribution in [0, 0.1) is 5.92 Å². The molecule has 1 saturated heterocycles. The van der Waals surface area contributed by atoms with Crippen molar-refractivity contribution >= 4 is 11.6 Å². The molecule has 0 amide bonds. The molecule has 6 nitrogen and oxygen atoms in total. The Bertz CT molecular complexity index is 456. The normalized spacial score (nSPS) is 18.4. The standard InChI is InChI=1S/C16H25N3O3/c1-20-15-5-3-14(4-6-15)19-16(17)18-8-2-9-21-11-13-7-10-22-12-13/h3-6,13H,2,7-12H2,1H3,(H3,17,18,19). The minimum absolute atomic E-state index is 0.411. The summed E-state index contributed by atoms with van der Waals surface area (Å²) in [5.41, 5.74) is 6.73. The first-order valence-corrected chi connectivity index (χ1v) is 7.64. The largest absolute Gasteiger partial charge is 0.497 e. The van der Waals surface area contributed by atoms with Gasteiger partial charge in [-0.2, -0.15) is 0 Å². The third-order valence-electron chi connectivity index (χ3n) is 3.47. The Labute approximate surface area is 131 Å². The summed E-state index contributed by atoms with van der Waals surface area (Å²) in [6.45, 7) is 3.83. The van der Waals surface area contributed by atoms with E-state index in [1.165, 1.54) is 0 Å². The molecular weight excluding hydrogens is 282 g/mol. The van der Waals surface area contributed by atoms with E-state index in [1.54, 1.807) is 7.11 Å². The van der Waals surface area contributed by atoms with E-state index in [-0.39, 0.29) is 0 Å². The van der Waals surface area contributed by atoms with Gasteiger partial charge in [-0.25, -0.2) is 0 Å².